The highest BCUT2D eigenvalue weighted by Crippen LogP contribution is 2.33. The second kappa shape index (κ2) is 12.8. The van der Waals surface area contributed by atoms with Crippen LogP contribution < -0.4 is 0 Å². The molecule has 0 aromatic carbocycles. The zero-order valence-electron chi connectivity index (χ0n) is 19.5. The number of carboxylic acid groups (broad SMARTS) is 2. The molecule has 0 bridgehead atoms. The topological polar surface area (TPSA) is 131 Å². The van der Waals surface area contributed by atoms with Gasteiger partial charge < -0.3 is 14.9 Å². The van der Waals surface area contributed by atoms with Crippen molar-refractivity contribution in [2.45, 2.75) is 44.3 Å². The minimum Gasteiger partial charge on any atom is -0.475 e. The fourth-order valence-corrected chi connectivity index (χ4v) is 3.43. The summed E-state index contributed by atoms with van der Waals surface area (Å²) >= 11 is 0. The average molecular weight is 541 g/mol. The average Bonchev–Trinajstić information content (AvgIpc) is 3.54. The standard InChI is InChI=1S/C17H23N5O.2C2HF3O2/c1-21-17-15(12-23-11-14-3-2-6-18-7-14)9-22(8-13-4-5-13)10-16(17)19-20-21;2*3-2(4,5)1(6)7/h2-3,6-7,13,15H,4-5,8-12H2,1H3;2*(H,6,7). The fraction of sp³-hybridized carbons (Fsp3) is 0.571. The summed E-state index contributed by atoms with van der Waals surface area (Å²) < 4.78 is 71.4. The van der Waals surface area contributed by atoms with Crippen molar-refractivity contribution in [1.82, 2.24) is 24.9 Å². The third-order valence-electron chi connectivity index (χ3n) is 5.19. The van der Waals surface area contributed by atoms with Crippen LogP contribution in [0.2, 0.25) is 0 Å². The summed E-state index contributed by atoms with van der Waals surface area (Å²) in [6.45, 7) is 4.46. The van der Waals surface area contributed by atoms with Gasteiger partial charge in [-0.25, -0.2) is 9.59 Å². The van der Waals surface area contributed by atoms with E-state index in [1.165, 1.54) is 25.1 Å². The molecule has 4 rings (SSSR count). The Labute approximate surface area is 206 Å². The minimum absolute atomic E-state index is 0.342. The van der Waals surface area contributed by atoms with Crippen LogP contribution in [0.25, 0.3) is 0 Å². The second-order valence-electron chi connectivity index (χ2n) is 8.36. The van der Waals surface area contributed by atoms with Crippen molar-refractivity contribution in [3.63, 3.8) is 0 Å². The molecule has 1 fully saturated rings. The molecule has 0 amide bonds. The molecule has 37 heavy (non-hydrogen) atoms. The molecule has 1 aliphatic heterocycles. The van der Waals surface area contributed by atoms with Crippen molar-refractivity contribution in [2.75, 3.05) is 19.7 Å². The second-order valence-corrected chi connectivity index (χ2v) is 8.36. The van der Waals surface area contributed by atoms with E-state index in [1.54, 1.807) is 6.20 Å². The third kappa shape index (κ3) is 10.3. The molecule has 0 radical (unpaired) electrons. The van der Waals surface area contributed by atoms with Gasteiger partial charge in [0.25, 0.3) is 0 Å². The lowest BCUT2D eigenvalue weighted by Crippen LogP contribution is -2.37. The molecule has 2 aliphatic rings. The lowest BCUT2D eigenvalue weighted by molar-refractivity contribution is -0.193. The summed E-state index contributed by atoms with van der Waals surface area (Å²) in [4.78, 5) is 24.4. The van der Waals surface area contributed by atoms with Crippen LogP contribution in [0.5, 0.6) is 0 Å². The Kier molecular flexibility index (Phi) is 10.4. The number of hydrogen-bond acceptors (Lipinski definition) is 7. The number of alkyl halides is 6. The van der Waals surface area contributed by atoms with Gasteiger partial charge in [-0.05, 0) is 30.4 Å². The van der Waals surface area contributed by atoms with E-state index in [0.29, 0.717) is 19.1 Å². The highest BCUT2D eigenvalue weighted by molar-refractivity contribution is 5.73. The Morgan fingerprint density at radius 3 is 2.19 bits per heavy atom. The predicted molar refractivity (Wildman–Crippen MR) is 113 cm³/mol. The van der Waals surface area contributed by atoms with Crippen LogP contribution in [0.3, 0.4) is 0 Å². The van der Waals surface area contributed by atoms with E-state index in [0.717, 1.165) is 30.3 Å². The number of aliphatic carboxylic acids is 2. The van der Waals surface area contributed by atoms with Crippen LogP contribution in [0.1, 0.15) is 35.7 Å². The van der Waals surface area contributed by atoms with Crippen LogP contribution >= 0.6 is 0 Å². The summed E-state index contributed by atoms with van der Waals surface area (Å²) in [6, 6.07) is 3.99. The Hall–Kier alpha value is -3.27. The van der Waals surface area contributed by atoms with Gasteiger partial charge in [0.15, 0.2) is 0 Å². The van der Waals surface area contributed by atoms with Gasteiger partial charge >= 0.3 is 24.3 Å². The summed E-state index contributed by atoms with van der Waals surface area (Å²) in [7, 11) is 1.98. The van der Waals surface area contributed by atoms with Gasteiger partial charge in [-0.2, -0.15) is 26.3 Å². The molecule has 1 aliphatic carbocycles. The summed E-state index contributed by atoms with van der Waals surface area (Å²) in [5.74, 6) is -4.28. The number of nitrogens with zero attached hydrogens (tertiary/aromatic N) is 5. The Balaban J connectivity index is 0.000000286. The number of carbonyl (C=O) groups is 2. The smallest absolute Gasteiger partial charge is 0.475 e. The number of fused-ring (bicyclic) bond motifs is 1. The molecule has 0 saturated heterocycles. The van der Waals surface area contributed by atoms with Gasteiger partial charge in [-0.3, -0.25) is 14.6 Å². The van der Waals surface area contributed by atoms with Crippen molar-refractivity contribution in [3.05, 3.63) is 41.5 Å². The first kappa shape index (κ1) is 30.0. The largest absolute Gasteiger partial charge is 0.490 e. The molecule has 2 aromatic rings. The van der Waals surface area contributed by atoms with Gasteiger partial charge in [0.1, 0.15) is 5.69 Å². The molecule has 16 heteroatoms. The Morgan fingerprint density at radius 1 is 1.11 bits per heavy atom. The SMILES string of the molecule is Cn1nnc2c1C(COCc1cccnc1)CN(CC1CC1)C2.O=C(O)C(F)(F)F.O=C(O)C(F)(F)F. The quantitative estimate of drug-likeness (QED) is 0.530. The van der Waals surface area contributed by atoms with Crippen LogP contribution in [-0.2, 0) is 34.5 Å². The van der Waals surface area contributed by atoms with Crippen LogP contribution in [0.15, 0.2) is 24.5 Å². The maximum atomic E-state index is 10.6. The van der Waals surface area contributed by atoms with Crippen molar-refractivity contribution in [2.24, 2.45) is 13.0 Å². The normalized spacial score (nSPS) is 17.5. The highest BCUT2D eigenvalue weighted by atomic mass is 19.4. The summed E-state index contributed by atoms with van der Waals surface area (Å²) in [5, 5.41) is 22.8. The van der Waals surface area contributed by atoms with Crippen LogP contribution in [0.4, 0.5) is 26.3 Å². The molecule has 2 N–H and O–H groups in total. The number of aromatic nitrogens is 4. The first-order chi connectivity index (χ1) is 17.2. The van der Waals surface area contributed by atoms with E-state index in [1.807, 2.05) is 30.1 Å². The molecule has 3 heterocycles. The van der Waals surface area contributed by atoms with Gasteiger partial charge in [0.05, 0.1) is 18.9 Å². The van der Waals surface area contributed by atoms with Crippen molar-refractivity contribution < 1.29 is 50.9 Å². The molecule has 1 atom stereocenters. The van der Waals surface area contributed by atoms with E-state index in [2.05, 4.69) is 20.2 Å². The molecular weight excluding hydrogens is 516 g/mol. The Bertz CT molecular complexity index is 1000. The summed E-state index contributed by atoms with van der Waals surface area (Å²) in [5.41, 5.74) is 3.47. The summed E-state index contributed by atoms with van der Waals surface area (Å²) in [6.07, 6.45) is -3.76. The minimum atomic E-state index is -5.08. The molecule has 1 saturated carbocycles. The third-order valence-corrected chi connectivity index (χ3v) is 5.19. The first-order valence-corrected chi connectivity index (χ1v) is 10.9. The number of ether oxygens (including phenoxy) is 1. The number of hydrogen-bond donors (Lipinski definition) is 2. The molecule has 0 spiro atoms. The van der Waals surface area contributed by atoms with Crippen LogP contribution in [0, 0.1) is 5.92 Å². The van der Waals surface area contributed by atoms with Gasteiger partial charge in [-0.1, -0.05) is 11.3 Å². The van der Waals surface area contributed by atoms with Crippen molar-refractivity contribution >= 4 is 11.9 Å². The molecule has 206 valence electrons. The number of aryl methyl sites for hydroxylation is 1. The first-order valence-electron chi connectivity index (χ1n) is 10.9. The van der Waals surface area contributed by atoms with Gasteiger partial charge in [-0.15, -0.1) is 5.10 Å². The number of pyridine rings is 1. The monoisotopic (exact) mass is 541 g/mol. The van der Waals surface area contributed by atoms with Crippen molar-refractivity contribution in [1.29, 1.82) is 0 Å². The van der Waals surface area contributed by atoms with E-state index < -0.39 is 24.3 Å². The molecule has 10 nitrogen and oxygen atoms in total. The number of rotatable bonds is 6. The lowest BCUT2D eigenvalue weighted by Gasteiger charge is -2.32. The number of carboxylic acids is 2. The van der Waals surface area contributed by atoms with Gasteiger partial charge in [0.2, 0.25) is 0 Å². The van der Waals surface area contributed by atoms with E-state index in [-0.39, 0.29) is 0 Å². The molecular formula is C21H25F6N5O5. The van der Waals surface area contributed by atoms with E-state index >= 15 is 0 Å². The lowest BCUT2D eigenvalue weighted by atomic mass is 9.98. The fourth-order valence-electron chi connectivity index (χ4n) is 3.43. The van der Waals surface area contributed by atoms with Crippen LogP contribution in [-0.4, -0.2) is 79.1 Å². The molecule has 2 aromatic heterocycles. The molecule has 1 unspecified atom stereocenters. The van der Waals surface area contributed by atoms with E-state index in [4.69, 9.17) is 24.5 Å². The maximum Gasteiger partial charge on any atom is 0.490 e. The maximum absolute atomic E-state index is 10.6. The predicted octanol–water partition coefficient (Wildman–Crippen LogP) is 3.00. The zero-order chi connectivity index (χ0) is 27.8. The zero-order valence-corrected chi connectivity index (χ0v) is 19.5. The highest BCUT2D eigenvalue weighted by Gasteiger charge is 2.39. The van der Waals surface area contributed by atoms with E-state index in [9.17, 15) is 26.3 Å². The van der Waals surface area contributed by atoms with Gasteiger partial charge in [0, 0.05) is 45.0 Å². The van der Waals surface area contributed by atoms with Crippen molar-refractivity contribution in [3.8, 4) is 0 Å². The number of halogens is 6. The Morgan fingerprint density at radius 2 is 1.70 bits per heavy atom.